The molecule has 1 aromatic heterocycles. The second kappa shape index (κ2) is 8.25. The molecule has 2 aromatic carbocycles. The first-order valence-corrected chi connectivity index (χ1v) is 8.70. The highest BCUT2D eigenvalue weighted by Gasteiger charge is 2.10. The van der Waals surface area contributed by atoms with Gasteiger partial charge in [-0.05, 0) is 42.0 Å². The molecule has 0 spiro atoms. The topological polar surface area (TPSA) is 56.2 Å². The molecule has 134 valence electrons. The Morgan fingerprint density at radius 1 is 1.12 bits per heavy atom. The fourth-order valence-corrected chi connectivity index (χ4v) is 2.71. The molecule has 26 heavy (non-hydrogen) atoms. The molecule has 0 atom stereocenters. The summed E-state index contributed by atoms with van der Waals surface area (Å²) in [7, 11) is 1.78. The Hall–Kier alpha value is -2.50. The van der Waals surface area contributed by atoms with Crippen molar-refractivity contribution in [2.75, 3.05) is 0 Å². The molecule has 0 unspecified atom stereocenters. The van der Waals surface area contributed by atoms with E-state index in [9.17, 15) is 4.79 Å². The van der Waals surface area contributed by atoms with Crippen molar-refractivity contribution in [3.05, 3.63) is 81.6 Å². The number of halogens is 2. The number of hydrogen-bond donors (Lipinski definition) is 1. The fraction of sp³-hybridized carbons (Fsp3) is 0.158. The van der Waals surface area contributed by atoms with E-state index in [2.05, 4.69) is 10.4 Å². The van der Waals surface area contributed by atoms with E-state index in [0.717, 1.165) is 17.0 Å². The van der Waals surface area contributed by atoms with Gasteiger partial charge in [0.05, 0.1) is 23.5 Å². The Morgan fingerprint density at radius 3 is 2.42 bits per heavy atom. The van der Waals surface area contributed by atoms with Crippen molar-refractivity contribution in [2.45, 2.75) is 13.2 Å². The van der Waals surface area contributed by atoms with Gasteiger partial charge in [-0.15, -0.1) is 0 Å². The summed E-state index contributed by atoms with van der Waals surface area (Å²) in [6.07, 6.45) is 1.55. The zero-order valence-corrected chi connectivity index (χ0v) is 15.6. The summed E-state index contributed by atoms with van der Waals surface area (Å²) in [4.78, 5) is 12.3. The summed E-state index contributed by atoms with van der Waals surface area (Å²) >= 11 is 11.9. The van der Waals surface area contributed by atoms with Crippen LogP contribution in [0.25, 0.3) is 0 Å². The summed E-state index contributed by atoms with van der Waals surface area (Å²) in [5.74, 6) is 0.566. The van der Waals surface area contributed by atoms with E-state index < -0.39 is 0 Å². The Bertz CT molecular complexity index is 871. The third-order valence-electron chi connectivity index (χ3n) is 3.86. The van der Waals surface area contributed by atoms with Gasteiger partial charge in [0, 0.05) is 17.6 Å². The van der Waals surface area contributed by atoms with E-state index in [-0.39, 0.29) is 5.91 Å². The largest absolute Gasteiger partial charge is 0.489 e. The van der Waals surface area contributed by atoms with Gasteiger partial charge in [0.15, 0.2) is 0 Å². The minimum atomic E-state index is -0.174. The first kappa shape index (κ1) is 18.3. The van der Waals surface area contributed by atoms with Gasteiger partial charge in [0.2, 0.25) is 0 Å². The molecule has 0 fully saturated rings. The molecule has 7 heteroatoms. The van der Waals surface area contributed by atoms with Gasteiger partial charge in [-0.25, -0.2) is 0 Å². The number of carbonyl (C=O) groups excluding carboxylic acids is 1. The van der Waals surface area contributed by atoms with Crippen LogP contribution in [0.15, 0.2) is 54.7 Å². The lowest BCUT2D eigenvalue weighted by atomic mass is 10.1. The zero-order chi connectivity index (χ0) is 18.5. The number of aromatic nitrogens is 2. The first-order chi connectivity index (χ1) is 12.5. The van der Waals surface area contributed by atoms with Crippen LogP contribution >= 0.6 is 23.2 Å². The van der Waals surface area contributed by atoms with Gasteiger partial charge in [-0.1, -0.05) is 35.3 Å². The highest BCUT2D eigenvalue weighted by Crippen LogP contribution is 2.17. The van der Waals surface area contributed by atoms with Crippen molar-refractivity contribution in [3.63, 3.8) is 0 Å². The third kappa shape index (κ3) is 4.56. The Morgan fingerprint density at radius 2 is 1.81 bits per heavy atom. The maximum Gasteiger partial charge on any atom is 0.251 e. The monoisotopic (exact) mass is 389 g/mol. The van der Waals surface area contributed by atoms with Crippen LogP contribution in [0.5, 0.6) is 5.75 Å². The maximum atomic E-state index is 12.3. The zero-order valence-electron chi connectivity index (χ0n) is 14.1. The standard InChI is InChI=1S/C19H17Cl2N3O2/c1-24-18(17(21)10-23-24)11-22-19(25)14-4-2-13(3-5-14)12-26-16-8-6-15(20)7-9-16/h2-10H,11-12H2,1H3,(H,22,25). The van der Waals surface area contributed by atoms with Crippen LogP contribution in [0.1, 0.15) is 21.6 Å². The van der Waals surface area contributed by atoms with Crippen molar-refractivity contribution in [1.29, 1.82) is 0 Å². The van der Waals surface area contributed by atoms with E-state index in [1.165, 1.54) is 0 Å². The summed E-state index contributed by atoms with van der Waals surface area (Å²) in [5.41, 5.74) is 2.29. The lowest BCUT2D eigenvalue weighted by Gasteiger charge is -2.08. The third-order valence-corrected chi connectivity index (χ3v) is 4.43. The van der Waals surface area contributed by atoms with Crippen molar-refractivity contribution in [2.24, 2.45) is 7.05 Å². The van der Waals surface area contributed by atoms with Gasteiger partial charge in [0.1, 0.15) is 12.4 Å². The van der Waals surface area contributed by atoms with Gasteiger partial charge in [-0.3, -0.25) is 9.48 Å². The van der Waals surface area contributed by atoms with Crippen LogP contribution in [0.2, 0.25) is 10.0 Å². The van der Waals surface area contributed by atoms with Gasteiger partial charge >= 0.3 is 0 Å². The predicted octanol–water partition coefficient (Wildman–Crippen LogP) is 4.24. The number of nitrogens with one attached hydrogen (secondary N) is 1. The Kier molecular flexibility index (Phi) is 5.81. The summed E-state index contributed by atoms with van der Waals surface area (Å²) in [6.45, 7) is 0.726. The molecule has 0 saturated heterocycles. The second-order valence-electron chi connectivity index (χ2n) is 5.69. The lowest BCUT2D eigenvalue weighted by Crippen LogP contribution is -2.24. The Labute approximate surface area is 161 Å². The van der Waals surface area contributed by atoms with Crippen molar-refractivity contribution in [1.82, 2.24) is 15.1 Å². The smallest absolute Gasteiger partial charge is 0.251 e. The number of hydrogen-bond acceptors (Lipinski definition) is 3. The quantitative estimate of drug-likeness (QED) is 0.685. The van der Waals surface area contributed by atoms with Crippen LogP contribution in [-0.4, -0.2) is 15.7 Å². The molecule has 3 aromatic rings. The number of aryl methyl sites for hydroxylation is 1. The molecule has 1 N–H and O–H groups in total. The summed E-state index contributed by atoms with van der Waals surface area (Å²) in [6, 6.07) is 14.4. The van der Waals surface area contributed by atoms with Crippen molar-refractivity contribution >= 4 is 29.1 Å². The minimum absolute atomic E-state index is 0.174. The number of nitrogens with zero attached hydrogens (tertiary/aromatic N) is 2. The van der Waals surface area contributed by atoms with E-state index in [4.69, 9.17) is 27.9 Å². The van der Waals surface area contributed by atoms with E-state index in [1.54, 1.807) is 42.2 Å². The van der Waals surface area contributed by atoms with E-state index >= 15 is 0 Å². The van der Waals surface area contributed by atoms with Crippen molar-refractivity contribution in [3.8, 4) is 5.75 Å². The van der Waals surface area contributed by atoms with Crippen LogP contribution in [-0.2, 0) is 20.2 Å². The van der Waals surface area contributed by atoms with E-state index in [1.807, 2.05) is 24.3 Å². The molecule has 3 rings (SSSR count). The molecule has 0 saturated carbocycles. The van der Waals surface area contributed by atoms with E-state index in [0.29, 0.717) is 28.8 Å². The molecular weight excluding hydrogens is 373 g/mol. The molecule has 5 nitrogen and oxygen atoms in total. The number of rotatable bonds is 6. The maximum absolute atomic E-state index is 12.3. The molecule has 0 radical (unpaired) electrons. The number of benzene rings is 2. The van der Waals surface area contributed by atoms with Gasteiger partial charge < -0.3 is 10.1 Å². The Balaban J connectivity index is 1.55. The molecule has 1 heterocycles. The fourth-order valence-electron chi connectivity index (χ4n) is 2.35. The van der Waals surface area contributed by atoms with Crippen LogP contribution in [0, 0.1) is 0 Å². The SMILES string of the molecule is Cn1ncc(Cl)c1CNC(=O)c1ccc(COc2ccc(Cl)cc2)cc1. The van der Waals surface area contributed by atoms with Crippen LogP contribution in [0.3, 0.4) is 0 Å². The highest BCUT2D eigenvalue weighted by molar-refractivity contribution is 6.31. The minimum Gasteiger partial charge on any atom is -0.489 e. The molecule has 0 aliphatic carbocycles. The van der Waals surface area contributed by atoms with Gasteiger partial charge in [-0.2, -0.15) is 5.10 Å². The van der Waals surface area contributed by atoms with Crippen molar-refractivity contribution < 1.29 is 9.53 Å². The van der Waals surface area contributed by atoms with Gasteiger partial charge in [0.25, 0.3) is 5.91 Å². The first-order valence-electron chi connectivity index (χ1n) is 7.95. The van der Waals surface area contributed by atoms with Crippen LogP contribution < -0.4 is 10.1 Å². The normalized spacial score (nSPS) is 10.6. The molecule has 0 aliphatic rings. The highest BCUT2D eigenvalue weighted by atomic mass is 35.5. The predicted molar refractivity (Wildman–Crippen MR) is 102 cm³/mol. The molecular formula is C19H17Cl2N3O2. The molecule has 0 aliphatic heterocycles. The average Bonchev–Trinajstić information content (AvgIpc) is 2.97. The average molecular weight is 390 g/mol. The van der Waals surface area contributed by atoms with Crippen LogP contribution in [0.4, 0.5) is 0 Å². The number of carbonyl (C=O) groups is 1. The lowest BCUT2D eigenvalue weighted by molar-refractivity contribution is 0.0950. The molecule has 1 amide bonds. The number of ether oxygens (including phenoxy) is 1. The summed E-state index contributed by atoms with van der Waals surface area (Å²) in [5, 5.41) is 8.08. The molecule has 0 bridgehead atoms. The summed E-state index contributed by atoms with van der Waals surface area (Å²) < 4.78 is 7.33. The number of amides is 1. The second-order valence-corrected chi connectivity index (χ2v) is 6.53.